The Morgan fingerprint density at radius 2 is 1.76 bits per heavy atom. The third-order valence-corrected chi connectivity index (χ3v) is 6.62. The van der Waals surface area contributed by atoms with Crippen molar-refractivity contribution >= 4 is 34.4 Å². The molecule has 33 heavy (non-hydrogen) atoms. The summed E-state index contributed by atoms with van der Waals surface area (Å²) < 4.78 is 4.67. The monoisotopic (exact) mass is 463 g/mol. The lowest BCUT2D eigenvalue weighted by Gasteiger charge is -2.33. The van der Waals surface area contributed by atoms with E-state index in [-0.39, 0.29) is 12.1 Å². The van der Waals surface area contributed by atoms with E-state index in [1.165, 1.54) is 20.3 Å². The molecule has 2 aromatic carbocycles. The minimum Gasteiger partial charge on any atom is -0.312 e. The zero-order valence-electron chi connectivity index (χ0n) is 19.2. The van der Waals surface area contributed by atoms with E-state index in [0.717, 1.165) is 17.8 Å². The van der Waals surface area contributed by atoms with Crippen LogP contribution in [0.25, 0.3) is 11.2 Å². The number of halogens is 1. The second-order valence-corrected chi connectivity index (χ2v) is 9.49. The van der Waals surface area contributed by atoms with E-state index in [1.54, 1.807) is 13.1 Å². The van der Waals surface area contributed by atoms with Crippen LogP contribution in [0.5, 0.6) is 0 Å². The van der Waals surface area contributed by atoms with Crippen LogP contribution in [0.2, 0.25) is 5.02 Å². The minimum absolute atomic E-state index is 0.109. The molecule has 0 saturated heterocycles. The van der Waals surface area contributed by atoms with Crippen LogP contribution in [0.4, 0.5) is 11.6 Å². The molecule has 0 spiro atoms. The highest BCUT2D eigenvalue weighted by molar-refractivity contribution is 6.31. The van der Waals surface area contributed by atoms with Crippen molar-refractivity contribution in [2.45, 2.75) is 33.9 Å². The predicted molar refractivity (Wildman–Crippen MR) is 132 cm³/mol. The van der Waals surface area contributed by atoms with Crippen LogP contribution in [-0.2, 0) is 20.1 Å². The highest BCUT2D eigenvalue weighted by atomic mass is 35.5. The summed E-state index contributed by atoms with van der Waals surface area (Å²) in [6.45, 7) is 7.86. The van der Waals surface area contributed by atoms with Crippen molar-refractivity contribution in [1.82, 2.24) is 18.7 Å². The lowest BCUT2D eigenvalue weighted by atomic mass is 10.1. The van der Waals surface area contributed by atoms with Gasteiger partial charge in [-0.2, -0.15) is 4.98 Å². The van der Waals surface area contributed by atoms with Crippen molar-refractivity contribution in [3.63, 3.8) is 0 Å². The second-order valence-electron chi connectivity index (χ2n) is 9.08. The average molecular weight is 464 g/mol. The molecule has 0 unspecified atom stereocenters. The third-order valence-electron chi connectivity index (χ3n) is 6.25. The number of imidazole rings is 1. The highest BCUT2D eigenvalue weighted by Gasteiger charge is 2.30. The molecule has 0 amide bonds. The summed E-state index contributed by atoms with van der Waals surface area (Å²) in [6, 6.07) is 13.7. The number of anilines is 2. The molecule has 3 heterocycles. The van der Waals surface area contributed by atoms with Crippen molar-refractivity contribution in [3.05, 3.63) is 85.0 Å². The number of benzene rings is 2. The first kappa shape index (κ1) is 21.5. The Hall–Kier alpha value is -3.32. The number of fused-ring (bicyclic) bond motifs is 3. The van der Waals surface area contributed by atoms with E-state index in [4.69, 9.17) is 16.6 Å². The standard InChI is InChI=1S/C25H26ClN5O2/c1-15-9-16(2)11-19(10-15)29-12-17(3)13-30-21-22(27-24(29)30)28(4)25(33)31(23(21)32)14-18-7-5-6-8-20(18)26/h5-11,17H,12-14H2,1-4H3/t17-/m1/s1. The van der Waals surface area contributed by atoms with Gasteiger partial charge in [0.1, 0.15) is 0 Å². The van der Waals surface area contributed by atoms with E-state index >= 15 is 0 Å². The molecular weight excluding hydrogens is 438 g/mol. The Labute approximate surface area is 196 Å². The number of aryl methyl sites for hydroxylation is 3. The number of hydrogen-bond acceptors (Lipinski definition) is 4. The van der Waals surface area contributed by atoms with Crippen molar-refractivity contribution in [3.8, 4) is 0 Å². The van der Waals surface area contributed by atoms with Crippen LogP contribution < -0.4 is 16.1 Å². The summed E-state index contributed by atoms with van der Waals surface area (Å²) in [4.78, 5) is 33.7. The quantitative estimate of drug-likeness (QED) is 0.460. The molecule has 0 N–H and O–H groups in total. The first-order chi connectivity index (χ1) is 15.7. The van der Waals surface area contributed by atoms with Gasteiger partial charge in [0, 0.05) is 30.8 Å². The SMILES string of the molecule is Cc1cc(C)cc(N2C[C@@H](C)Cn3c2nc2c3c(=O)n(Cc3ccccc3Cl)c(=O)n2C)c1. The van der Waals surface area contributed by atoms with Gasteiger partial charge in [-0.3, -0.25) is 13.9 Å². The molecule has 1 atom stereocenters. The fourth-order valence-corrected chi connectivity index (χ4v) is 4.96. The molecule has 1 aliphatic heterocycles. The molecule has 170 valence electrons. The number of aromatic nitrogens is 4. The van der Waals surface area contributed by atoms with E-state index < -0.39 is 5.69 Å². The smallest absolute Gasteiger partial charge is 0.312 e. The lowest BCUT2D eigenvalue weighted by Crippen LogP contribution is -2.40. The van der Waals surface area contributed by atoms with Gasteiger partial charge in [-0.15, -0.1) is 0 Å². The molecule has 0 fully saturated rings. The largest absolute Gasteiger partial charge is 0.332 e. The van der Waals surface area contributed by atoms with Crippen molar-refractivity contribution in [2.24, 2.45) is 13.0 Å². The van der Waals surface area contributed by atoms with Crippen LogP contribution in [0.1, 0.15) is 23.6 Å². The maximum atomic E-state index is 13.6. The zero-order chi connectivity index (χ0) is 23.4. The minimum atomic E-state index is -0.408. The molecule has 0 bridgehead atoms. The van der Waals surface area contributed by atoms with E-state index in [9.17, 15) is 9.59 Å². The molecule has 1 aliphatic rings. The normalized spacial score (nSPS) is 15.8. The Morgan fingerprint density at radius 1 is 1.06 bits per heavy atom. The van der Waals surface area contributed by atoms with Gasteiger partial charge in [-0.25, -0.2) is 4.79 Å². The molecule has 0 saturated carbocycles. The summed E-state index contributed by atoms with van der Waals surface area (Å²) >= 11 is 6.31. The summed E-state index contributed by atoms with van der Waals surface area (Å²) in [5.74, 6) is 0.986. The van der Waals surface area contributed by atoms with Gasteiger partial charge in [-0.05, 0) is 54.7 Å². The van der Waals surface area contributed by atoms with Crippen LogP contribution in [0, 0.1) is 19.8 Å². The summed E-state index contributed by atoms with van der Waals surface area (Å²) in [7, 11) is 1.66. The number of rotatable bonds is 3. The van der Waals surface area contributed by atoms with Gasteiger partial charge >= 0.3 is 5.69 Å². The van der Waals surface area contributed by atoms with Crippen LogP contribution in [0.3, 0.4) is 0 Å². The molecule has 8 heteroatoms. The highest BCUT2D eigenvalue weighted by Crippen LogP contribution is 2.33. The van der Waals surface area contributed by atoms with Crippen LogP contribution in [-0.4, -0.2) is 25.2 Å². The Morgan fingerprint density at radius 3 is 2.45 bits per heavy atom. The second kappa shape index (κ2) is 7.92. The van der Waals surface area contributed by atoms with E-state index in [1.807, 2.05) is 22.8 Å². The van der Waals surface area contributed by atoms with Gasteiger partial charge in [0.25, 0.3) is 5.56 Å². The Bertz CT molecular complexity index is 1490. The average Bonchev–Trinajstić information content (AvgIpc) is 3.14. The maximum absolute atomic E-state index is 13.6. The zero-order valence-corrected chi connectivity index (χ0v) is 19.9. The Kier molecular flexibility index (Phi) is 5.16. The fourth-order valence-electron chi connectivity index (χ4n) is 4.77. The lowest BCUT2D eigenvalue weighted by molar-refractivity contribution is 0.458. The molecule has 7 nitrogen and oxygen atoms in total. The summed E-state index contributed by atoms with van der Waals surface area (Å²) in [5.41, 5.74) is 4.19. The third kappa shape index (κ3) is 3.56. The van der Waals surface area contributed by atoms with Crippen molar-refractivity contribution in [2.75, 3.05) is 11.4 Å². The van der Waals surface area contributed by atoms with Crippen LogP contribution in [0.15, 0.2) is 52.1 Å². The van der Waals surface area contributed by atoms with E-state index in [0.29, 0.717) is 34.6 Å². The van der Waals surface area contributed by atoms with Gasteiger partial charge in [0.05, 0.1) is 6.54 Å². The fraction of sp³-hybridized carbons (Fsp3) is 0.320. The van der Waals surface area contributed by atoms with Gasteiger partial charge < -0.3 is 9.47 Å². The molecular formula is C25H26ClN5O2. The first-order valence-electron chi connectivity index (χ1n) is 11.0. The van der Waals surface area contributed by atoms with Gasteiger partial charge in [0.2, 0.25) is 5.95 Å². The van der Waals surface area contributed by atoms with Gasteiger partial charge in [0.15, 0.2) is 11.2 Å². The molecule has 0 aliphatic carbocycles. The predicted octanol–water partition coefficient (Wildman–Crippen LogP) is 4.00. The molecule has 5 rings (SSSR count). The Balaban J connectivity index is 1.74. The number of hydrogen-bond donors (Lipinski definition) is 0. The molecule has 4 aromatic rings. The van der Waals surface area contributed by atoms with Crippen molar-refractivity contribution < 1.29 is 0 Å². The maximum Gasteiger partial charge on any atom is 0.332 e. The van der Waals surface area contributed by atoms with Crippen LogP contribution >= 0.6 is 11.6 Å². The van der Waals surface area contributed by atoms with Crippen molar-refractivity contribution in [1.29, 1.82) is 0 Å². The molecule has 2 aromatic heterocycles. The van der Waals surface area contributed by atoms with E-state index in [2.05, 4.69) is 43.9 Å². The summed E-state index contributed by atoms with van der Waals surface area (Å²) in [6.07, 6.45) is 0. The number of nitrogens with zero attached hydrogens (tertiary/aromatic N) is 5. The summed E-state index contributed by atoms with van der Waals surface area (Å²) in [5, 5.41) is 0.525. The van der Waals surface area contributed by atoms with Gasteiger partial charge in [-0.1, -0.05) is 42.8 Å². The topological polar surface area (TPSA) is 65.1 Å². The molecule has 0 radical (unpaired) electrons. The first-order valence-corrected chi connectivity index (χ1v) is 11.4.